The van der Waals surface area contributed by atoms with Gasteiger partial charge >= 0.3 is 0 Å². The van der Waals surface area contributed by atoms with Gasteiger partial charge in [-0.2, -0.15) is 0 Å². The van der Waals surface area contributed by atoms with Crippen molar-refractivity contribution in [1.82, 2.24) is 4.90 Å². The monoisotopic (exact) mass is 303 g/mol. The lowest BCUT2D eigenvalue weighted by Crippen LogP contribution is -2.30. The second kappa shape index (κ2) is 6.11. The van der Waals surface area contributed by atoms with Crippen LogP contribution in [0.25, 0.3) is 0 Å². The van der Waals surface area contributed by atoms with Crippen LogP contribution in [0.3, 0.4) is 0 Å². The zero-order valence-corrected chi connectivity index (χ0v) is 11.7. The first-order valence-electron chi connectivity index (χ1n) is 4.92. The van der Waals surface area contributed by atoms with Gasteiger partial charge in [-0.05, 0) is 30.2 Å². The van der Waals surface area contributed by atoms with E-state index in [1.165, 1.54) is 0 Å². The molecular weight excluding hydrogens is 289 g/mol. The standard InChI is InChI=1S/C11H15BrClN3/c1-16(2)11(14)15-6-5-8-7-9(13)3-4-10(8)12/h3-4,7H,5-6H2,1-2H3,(H2,14,15). The first kappa shape index (κ1) is 13.3. The fourth-order valence-electron chi connectivity index (χ4n) is 1.17. The maximum Gasteiger partial charge on any atom is 0.190 e. The van der Waals surface area contributed by atoms with E-state index in [1.54, 1.807) is 4.90 Å². The Morgan fingerprint density at radius 2 is 2.19 bits per heavy atom. The van der Waals surface area contributed by atoms with E-state index in [-0.39, 0.29) is 0 Å². The summed E-state index contributed by atoms with van der Waals surface area (Å²) in [4.78, 5) is 6.03. The zero-order valence-electron chi connectivity index (χ0n) is 9.37. The van der Waals surface area contributed by atoms with Gasteiger partial charge in [0, 0.05) is 30.1 Å². The largest absolute Gasteiger partial charge is 0.370 e. The van der Waals surface area contributed by atoms with Crippen molar-refractivity contribution in [1.29, 1.82) is 0 Å². The van der Waals surface area contributed by atoms with Gasteiger partial charge in [-0.1, -0.05) is 27.5 Å². The molecule has 0 amide bonds. The predicted octanol–water partition coefficient (Wildman–Crippen LogP) is 2.52. The average molecular weight is 305 g/mol. The number of guanidine groups is 1. The summed E-state index contributed by atoms with van der Waals surface area (Å²) < 4.78 is 1.05. The minimum absolute atomic E-state index is 0.540. The Labute approximate surface area is 109 Å². The maximum absolute atomic E-state index is 5.92. The molecule has 0 aromatic heterocycles. The number of benzene rings is 1. The third kappa shape index (κ3) is 4.02. The van der Waals surface area contributed by atoms with E-state index in [4.69, 9.17) is 17.3 Å². The smallest absolute Gasteiger partial charge is 0.190 e. The predicted molar refractivity (Wildman–Crippen MR) is 73.0 cm³/mol. The SMILES string of the molecule is CN(C)C(N)=NCCc1cc(Cl)ccc1Br. The fourth-order valence-corrected chi connectivity index (χ4v) is 1.81. The van der Waals surface area contributed by atoms with Gasteiger partial charge in [0.25, 0.3) is 0 Å². The van der Waals surface area contributed by atoms with E-state index in [0.29, 0.717) is 12.5 Å². The molecule has 3 nitrogen and oxygen atoms in total. The van der Waals surface area contributed by atoms with Crippen molar-refractivity contribution >= 4 is 33.5 Å². The third-order valence-corrected chi connectivity index (χ3v) is 3.13. The van der Waals surface area contributed by atoms with Gasteiger partial charge in [0.05, 0.1) is 0 Å². The molecule has 1 rings (SSSR count). The van der Waals surface area contributed by atoms with Crippen LogP contribution in [0, 0.1) is 0 Å². The van der Waals surface area contributed by atoms with Crippen LogP contribution >= 0.6 is 27.5 Å². The van der Waals surface area contributed by atoms with Crippen molar-refractivity contribution in [2.24, 2.45) is 10.7 Å². The van der Waals surface area contributed by atoms with Crippen LogP contribution in [-0.2, 0) is 6.42 Å². The van der Waals surface area contributed by atoms with Gasteiger partial charge in [-0.15, -0.1) is 0 Å². The molecule has 5 heteroatoms. The Bertz CT molecular complexity index is 391. The molecule has 0 saturated carbocycles. The lowest BCUT2D eigenvalue weighted by molar-refractivity contribution is 0.609. The van der Waals surface area contributed by atoms with Crippen molar-refractivity contribution in [2.75, 3.05) is 20.6 Å². The van der Waals surface area contributed by atoms with Crippen LogP contribution in [0.5, 0.6) is 0 Å². The second-order valence-corrected chi connectivity index (χ2v) is 4.91. The highest BCUT2D eigenvalue weighted by Gasteiger charge is 2.01. The lowest BCUT2D eigenvalue weighted by Gasteiger charge is -2.10. The molecule has 1 aromatic carbocycles. The Morgan fingerprint density at radius 1 is 1.50 bits per heavy atom. The lowest BCUT2D eigenvalue weighted by atomic mass is 10.1. The summed E-state index contributed by atoms with van der Waals surface area (Å²) in [6, 6.07) is 5.73. The van der Waals surface area contributed by atoms with Crippen molar-refractivity contribution in [3.8, 4) is 0 Å². The second-order valence-electron chi connectivity index (χ2n) is 3.62. The van der Waals surface area contributed by atoms with Crippen LogP contribution < -0.4 is 5.73 Å². The normalized spacial score (nSPS) is 11.6. The highest BCUT2D eigenvalue weighted by Crippen LogP contribution is 2.21. The number of hydrogen-bond acceptors (Lipinski definition) is 1. The van der Waals surface area contributed by atoms with E-state index in [1.807, 2.05) is 32.3 Å². The molecule has 0 unspecified atom stereocenters. The molecular formula is C11H15BrClN3. The van der Waals surface area contributed by atoms with Crippen molar-refractivity contribution in [2.45, 2.75) is 6.42 Å². The molecule has 0 aliphatic rings. The summed E-state index contributed by atoms with van der Waals surface area (Å²) in [5.41, 5.74) is 6.83. The quantitative estimate of drug-likeness (QED) is 0.689. The summed E-state index contributed by atoms with van der Waals surface area (Å²) in [5.74, 6) is 0.540. The summed E-state index contributed by atoms with van der Waals surface area (Å²) >= 11 is 9.40. The summed E-state index contributed by atoms with van der Waals surface area (Å²) in [6.45, 7) is 0.656. The number of nitrogens with two attached hydrogens (primary N) is 1. The molecule has 0 atom stereocenters. The van der Waals surface area contributed by atoms with Crippen molar-refractivity contribution in [3.05, 3.63) is 33.3 Å². The summed E-state index contributed by atoms with van der Waals surface area (Å²) in [5, 5.41) is 0.739. The van der Waals surface area contributed by atoms with Crippen molar-refractivity contribution in [3.63, 3.8) is 0 Å². The maximum atomic E-state index is 5.92. The Balaban J connectivity index is 2.61. The zero-order chi connectivity index (χ0) is 12.1. The summed E-state index contributed by atoms with van der Waals surface area (Å²) in [6.07, 6.45) is 0.815. The molecule has 0 aliphatic heterocycles. The molecule has 1 aromatic rings. The van der Waals surface area contributed by atoms with Gasteiger partial charge in [-0.25, -0.2) is 0 Å². The first-order valence-corrected chi connectivity index (χ1v) is 6.09. The summed E-state index contributed by atoms with van der Waals surface area (Å²) in [7, 11) is 3.74. The van der Waals surface area contributed by atoms with Gasteiger partial charge in [0.15, 0.2) is 5.96 Å². The van der Waals surface area contributed by atoms with Crippen LogP contribution in [0.1, 0.15) is 5.56 Å². The van der Waals surface area contributed by atoms with Gasteiger partial charge in [0.2, 0.25) is 0 Å². The molecule has 0 saturated heterocycles. The topological polar surface area (TPSA) is 41.6 Å². The molecule has 0 heterocycles. The minimum atomic E-state index is 0.540. The fraction of sp³-hybridized carbons (Fsp3) is 0.364. The molecule has 0 aliphatic carbocycles. The molecule has 0 bridgehead atoms. The van der Waals surface area contributed by atoms with Crippen molar-refractivity contribution < 1.29 is 0 Å². The number of hydrogen-bond donors (Lipinski definition) is 1. The molecule has 0 spiro atoms. The van der Waals surface area contributed by atoms with E-state index >= 15 is 0 Å². The Morgan fingerprint density at radius 3 is 2.81 bits per heavy atom. The van der Waals surface area contributed by atoms with Gasteiger partial charge in [-0.3, -0.25) is 4.99 Å². The highest BCUT2D eigenvalue weighted by atomic mass is 79.9. The first-order chi connectivity index (χ1) is 7.50. The Kier molecular flexibility index (Phi) is 5.09. The van der Waals surface area contributed by atoms with Gasteiger partial charge in [0.1, 0.15) is 0 Å². The molecule has 88 valence electrons. The van der Waals surface area contributed by atoms with Crippen LogP contribution in [0.15, 0.2) is 27.7 Å². The molecule has 16 heavy (non-hydrogen) atoms. The van der Waals surface area contributed by atoms with Crippen LogP contribution in [0.4, 0.5) is 0 Å². The van der Waals surface area contributed by atoms with Gasteiger partial charge < -0.3 is 10.6 Å². The van der Waals surface area contributed by atoms with Crippen LogP contribution in [0.2, 0.25) is 5.02 Å². The third-order valence-electron chi connectivity index (χ3n) is 2.12. The van der Waals surface area contributed by atoms with E-state index < -0.39 is 0 Å². The van der Waals surface area contributed by atoms with E-state index in [9.17, 15) is 0 Å². The number of rotatable bonds is 3. The highest BCUT2D eigenvalue weighted by molar-refractivity contribution is 9.10. The van der Waals surface area contributed by atoms with E-state index in [2.05, 4.69) is 20.9 Å². The van der Waals surface area contributed by atoms with E-state index in [0.717, 1.165) is 21.5 Å². The molecule has 2 N–H and O–H groups in total. The molecule has 0 radical (unpaired) electrons. The number of aliphatic imine (C=N–C) groups is 1. The molecule has 0 fully saturated rings. The number of nitrogens with zero attached hydrogens (tertiary/aromatic N) is 2. The van der Waals surface area contributed by atoms with Crippen LogP contribution in [-0.4, -0.2) is 31.5 Å². The average Bonchev–Trinajstić information content (AvgIpc) is 2.22. The minimum Gasteiger partial charge on any atom is -0.370 e. The Hall–Kier alpha value is -0.740. The number of halogens is 2.